The van der Waals surface area contributed by atoms with E-state index >= 15 is 0 Å². The quantitative estimate of drug-likeness (QED) is 0.404. The van der Waals surface area contributed by atoms with Gasteiger partial charge in [0.2, 0.25) is 5.91 Å². The van der Waals surface area contributed by atoms with Gasteiger partial charge in [-0.2, -0.15) is 25.9 Å². The van der Waals surface area contributed by atoms with Crippen LogP contribution in [0, 0.1) is 5.92 Å². The largest absolute Gasteiger partial charge is 0.517 e. The standard InChI is InChI=1S/C19H24ClF3N2O4S/c1-3-17(24-29-12-14-7-5-4-6-8-14)16-11-15(20)9-10-18(16)25(13(2)26)30(27,28)19(21,22)23/h9-11,14H,3-8,12H2,1-2H3. The van der Waals surface area contributed by atoms with Crippen LogP contribution in [0.1, 0.15) is 57.9 Å². The summed E-state index contributed by atoms with van der Waals surface area (Å²) in [5, 5.41) is 4.19. The number of halogens is 4. The molecule has 168 valence electrons. The summed E-state index contributed by atoms with van der Waals surface area (Å²) in [5.74, 6) is -0.965. The van der Waals surface area contributed by atoms with Crippen molar-refractivity contribution in [2.75, 3.05) is 10.9 Å². The average Bonchev–Trinajstić information content (AvgIpc) is 2.66. The lowest BCUT2D eigenvalue weighted by atomic mass is 9.90. The van der Waals surface area contributed by atoms with E-state index in [4.69, 9.17) is 16.4 Å². The molecule has 1 aliphatic carbocycles. The number of alkyl halides is 3. The fourth-order valence-corrected chi connectivity index (χ4v) is 4.50. The van der Waals surface area contributed by atoms with E-state index in [1.54, 1.807) is 6.92 Å². The van der Waals surface area contributed by atoms with E-state index in [-0.39, 0.29) is 27.0 Å². The third kappa shape index (κ3) is 5.66. The van der Waals surface area contributed by atoms with Gasteiger partial charge in [0.25, 0.3) is 0 Å². The van der Waals surface area contributed by atoms with Crippen molar-refractivity contribution in [2.24, 2.45) is 11.1 Å². The van der Waals surface area contributed by atoms with Crippen LogP contribution < -0.4 is 4.31 Å². The Hall–Kier alpha value is -1.81. The second-order valence-corrected chi connectivity index (χ2v) is 9.30. The van der Waals surface area contributed by atoms with Crippen LogP contribution in [0.15, 0.2) is 23.4 Å². The lowest BCUT2D eigenvalue weighted by Gasteiger charge is -2.25. The molecule has 1 aliphatic rings. The molecular weight excluding hydrogens is 445 g/mol. The number of carbonyl (C=O) groups excluding carboxylic acids is 1. The van der Waals surface area contributed by atoms with Crippen molar-refractivity contribution < 1.29 is 31.2 Å². The normalized spacial score (nSPS) is 16.4. The van der Waals surface area contributed by atoms with Gasteiger partial charge in [-0.3, -0.25) is 4.79 Å². The lowest BCUT2D eigenvalue weighted by molar-refractivity contribution is -0.115. The van der Waals surface area contributed by atoms with Gasteiger partial charge < -0.3 is 4.84 Å². The highest BCUT2D eigenvalue weighted by Gasteiger charge is 2.52. The van der Waals surface area contributed by atoms with Crippen molar-refractivity contribution in [3.05, 3.63) is 28.8 Å². The second-order valence-electron chi connectivity index (χ2n) is 7.09. The minimum absolute atomic E-state index is 0.0170. The summed E-state index contributed by atoms with van der Waals surface area (Å²) in [6.45, 7) is 2.78. The second kappa shape index (κ2) is 10.00. The molecule has 0 heterocycles. The monoisotopic (exact) mass is 468 g/mol. The summed E-state index contributed by atoms with van der Waals surface area (Å²) in [7, 11) is -5.96. The number of anilines is 1. The minimum atomic E-state index is -5.96. The number of nitrogens with zero attached hydrogens (tertiary/aromatic N) is 2. The molecule has 1 amide bonds. The van der Waals surface area contributed by atoms with Crippen molar-refractivity contribution in [1.82, 2.24) is 0 Å². The van der Waals surface area contributed by atoms with E-state index in [0.717, 1.165) is 38.7 Å². The van der Waals surface area contributed by atoms with Crippen LogP contribution in [-0.4, -0.2) is 32.2 Å². The van der Waals surface area contributed by atoms with Gasteiger partial charge in [0.15, 0.2) is 0 Å². The van der Waals surface area contributed by atoms with E-state index in [1.165, 1.54) is 18.6 Å². The predicted octanol–water partition coefficient (Wildman–Crippen LogP) is 5.25. The summed E-state index contributed by atoms with van der Waals surface area (Å²) >= 11 is 5.99. The smallest absolute Gasteiger partial charge is 0.395 e. The van der Waals surface area contributed by atoms with Gasteiger partial charge in [0.05, 0.1) is 11.4 Å². The maximum atomic E-state index is 13.2. The van der Waals surface area contributed by atoms with Crippen molar-refractivity contribution in [3.63, 3.8) is 0 Å². The number of amides is 1. The van der Waals surface area contributed by atoms with Crippen molar-refractivity contribution >= 4 is 38.9 Å². The van der Waals surface area contributed by atoms with Crippen LogP contribution in [0.25, 0.3) is 0 Å². The maximum Gasteiger partial charge on any atom is 0.517 e. The molecular formula is C19H24ClF3N2O4S. The van der Waals surface area contributed by atoms with Gasteiger partial charge in [-0.15, -0.1) is 0 Å². The van der Waals surface area contributed by atoms with Crippen molar-refractivity contribution in [2.45, 2.75) is 57.9 Å². The molecule has 0 unspecified atom stereocenters. The SMILES string of the molecule is CCC(=NOCC1CCCCC1)c1cc(Cl)ccc1N(C(C)=O)S(=O)(=O)C(F)(F)F. The number of hydrogen-bond donors (Lipinski definition) is 0. The summed E-state index contributed by atoms with van der Waals surface area (Å²) in [4.78, 5) is 17.4. The molecule has 0 aromatic heterocycles. The molecule has 0 bridgehead atoms. The van der Waals surface area contributed by atoms with Crippen molar-refractivity contribution in [3.8, 4) is 0 Å². The van der Waals surface area contributed by atoms with Crippen LogP contribution in [-0.2, 0) is 19.7 Å². The van der Waals surface area contributed by atoms with Gasteiger partial charge in [-0.25, -0.2) is 0 Å². The molecule has 0 N–H and O–H groups in total. The van der Waals surface area contributed by atoms with E-state index in [0.29, 0.717) is 12.5 Å². The predicted molar refractivity (Wildman–Crippen MR) is 109 cm³/mol. The highest BCUT2D eigenvalue weighted by atomic mass is 35.5. The molecule has 0 radical (unpaired) electrons. The Labute approximate surface area is 179 Å². The highest BCUT2D eigenvalue weighted by molar-refractivity contribution is 7.94. The summed E-state index contributed by atoms with van der Waals surface area (Å²) in [5.41, 5.74) is -5.97. The number of carbonyl (C=O) groups is 1. The molecule has 11 heteroatoms. The van der Waals surface area contributed by atoms with Gasteiger partial charge in [-0.1, -0.05) is 42.9 Å². The van der Waals surface area contributed by atoms with Crippen LogP contribution in [0.4, 0.5) is 18.9 Å². The first kappa shape index (κ1) is 24.5. The van der Waals surface area contributed by atoms with E-state index in [9.17, 15) is 26.4 Å². The summed E-state index contributed by atoms with van der Waals surface area (Å²) < 4.78 is 63.3. The molecule has 30 heavy (non-hydrogen) atoms. The molecule has 1 saturated carbocycles. The fourth-order valence-electron chi connectivity index (χ4n) is 3.37. The molecule has 1 aromatic rings. The molecule has 0 atom stereocenters. The Morgan fingerprint density at radius 1 is 1.27 bits per heavy atom. The Balaban J connectivity index is 2.44. The number of hydrogen-bond acceptors (Lipinski definition) is 5. The topological polar surface area (TPSA) is 76.0 Å². The zero-order valence-corrected chi connectivity index (χ0v) is 18.3. The summed E-state index contributed by atoms with van der Waals surface area (Å²) in [6, 6.07) is 3.53. The molecule has 0 saturated heterocycles. The fraction of sp³-hybridized carbons (Fsp3) is 0.579. The van der Waals surface area contributed by atoms with Gasteiger partial charge >= 0.3 is 15.5 Å². The highest BCUT2D eigenvalue weighted by Crippen LogP contribution is 2.35. The van der Waals surface area contributed by atoms with Crippen LogP contribution in [0.2, 0.25) is 5.02 Å². The van der Waals surface area contributed by atoms with Gasteiger partial charge in [-0.05, 0) is 43.4 Å². The molecule has 1 aromatic carbocycles. The Kier molecular flexibility index (Phi) is 8.15. The number of oxime groups is 1. The first-order valence-electron chi connectivity index (χ1n) is 9.60. The first-order valence-corrected chi connectivity index (χ1v) is 11.4. The third-order valence-electron chi connectivity index (χ3n) is 4.85. The third-order valence-corrected chi connectivity index (χ3v) is 6.61. The molecule has 0 spiro atoms. The van der Waals surface area contributed by atoms with E-state index in [2.05, 4.69) is 5.16 Å². The van der Waals surface area contributed by atoms with Crippen LogP contribution >= 0.6 is 11.6 Å². The van der Waals surface area contributed by atoms with Gasteiger partial charge in [0, 0.05) is 17.5 Å². The zero-order chi connectivity index (χ0) is 22.5. The average molecular weight is 469 g/mol. The van der Waals surface area contributed by atoms with Crippen LogP contribution in [0.3, 0.4) is 0 Å². The number of sulfonamides is 1. The van der Waals surface area contributed by atoms with E-state index in [1.807, 2.05) is 0 Å². The molecule has 6 nitrogen and oxygen atoms in total. The van der Waals surface area contributed by atoms with Crippen molar-refractivity contribution in [1.29, 1.82) is 0 Å². The number of rotatable bonds is 7. The van der Waals surface area contributed by atoms with E-state index < -0.39 is 27.1 Å². The maximum absolute atomic E-state index is 13.2. The Morgan fingerprint density at radius 3 is 2.43 bits per heavy atom. The van der Waals surface area contributed by atoms with Gasteiger partial charge in [0.1, 0.15) is 6.61 Å². The Morgan fingerprint density at radius 2 is 1.90 bits per heavy atom. The van der Waals surface area contributed by atoms with Crippen LogP contribution in [0.5, 0.6) is 0 Å². The lowest BCUT2D eigenvalue weighted by Crippen LogP contribution is -2.44. The summed E-state index contributed by atoms with van der Waals surface area (Å²) in [6.07, 6.45) is 5.65. The molecule has 2 rings (SSSR count). The Bertz CT molecular complexity index is 898. The minimum Gasteiger partial charge on any atom is -0.395 e. The number of benzene rings is 1. The zero-order valence-electron chi connectivity index (χ0n) is 16.7. The molecule has 0 aliphatic heterocycles. The molecule has 1 fully saturated rings. The first-order chi connectivity index (χ1) is 14.0.